The van der Waals surface area contributed by atoms with Gasteiger partial charge in [0.05, 0.1) is 0 Å². The SMILES string of the molecule is C=C1CCC(c2c[nH]c3ccc(F)cc23)CC1.CC. The monoisotopic (exact) mass is 259 g/mol. The topological polar surface area (TPSA) is 15.8 Å². The maximum absolute atomic E-state index is 13.3. The lowest BCUT2D eigenvalue weighted by molar-refractivity contribution is 0.520. The summed E-state index contributed by atoms with van der Waals surface area (Å²) in [6.07, 6.45) is 6.53. The summed E-state index contributed by atoms with van der Waals surface area (Å²) in [5.74, 6) is 0.398. The molecule has 1 heterocycles. The van der Waals surface area contributed by atoms with E-state index in [9.17, 15) is 4.39 Å². The van der Waals surface area contributed by atoms with Crippen molar-refractivity contribution in [3.05, 3.63) is 47.9 Å². The summed E-state index contributed by atoms with van der Waals surface area (Å²) in [6.45, 7) is 8.04. The summed E-state index contributed by atoms with van der Waals surface area (Å²) in [6, 6.07) is 4.96. The number of fused-ring (bicyclic) bond motifs is 1. The van der Waals surface area contributed by atoms with E-state index in [1.165, 1.54) is 17.2 Å². The maximum atomic E-state index is 13.3. The van der Waals surface area contributed by atoms with Gasteiger partial charge >= 0.3 is 0 Å². The number of allylic oxidation sites excluding steroid dienone is 1. The Labute approximate surface area is 114 Å². The normalized spacial score (nSPS) is 16.3. The highest BCUT2D eigenvalue weighted by molar-refractivity contribution is 5.83. The molecule has 1 fully saturated rings. The molecule has 0 unspecified atom stereocenters. The minimum atomic E-state index is -0.154. The van der Waals surface area contributed by atoms with E-state index in [-0.39, 0.29) is 5.82 Å². The van der Waals surface area contributed by atoms with E-state index in [2.05, 4.69) is 11.6 Å². The molecule has 1 aromatic heterocycles. The van der Waals surface area contributed by atoms with E-state index in [0.29, 0.717) is 5.92 Å². The van der Waals surface area contributed by atoms with Crippen molar-refractivity contribution in [1.29, 1.82) is 0 Å². The number of hydrogen-bond donors (Lipinski definition) is 1. The van der Waals surface area contributed by atoms with Crippen molar-refractivity contribution in [1.82, 2.24) is 4.98 Å². The summed E-state index contributed by atoms with van der Waals surface area (Å²) in [5, 5.41) is 1.04. The van der Waals surface area contributed by atoms with Crippen LogP contribution in [0.25, 0.3) is 10.9 Å². The zero-order valence-electron chi connectivity index (χ0n) is 11.8. The first kappa shape index (κ1) is 13.9. The zero-order valence-corrected chi connectivity index (χ0v) is 11.8. The predicted octanol–water partition coefficient (Wildman–Crippen LogP) is 5.55. The first-order chi connectivity index (χ1) is 9.24. The van der Waals surface area contributed by atoms with Crippen LogP contribution in [0.5, 0.6) is 0 Å². The van der Waals surface area contributed by atoms with Gasteiger partial charge in [0.2, 0.25) is 0 Å². The molecule has 1 saturated carbocycles. The Morgan fingerprint density at radius 3 is 2.58 bits per heavy atom. The second-order valence-electron chi connectivity index (χ2n) is 4.96. The van der Waals surface area contributed by atoms with Crippen LogP contribution in [-0.4, -0.2) is 4.98 Å². The van der Waals surface area contributed by atoms with Gasteiger partial charge in [0, 0.05) is 17.1 Å². The second-order valence-corrected chi connectivity index (χ2v) is 4.96. The van der Waals surface area contributed by atoms with Crippen LogP contribution in [0.15, 0.2) is 36.5 Å². The van der Waals surface area contributed by atoms with Gasteiger partial charge in [0.1, 0.15) is 5.82 Å². The van der Waals surface area contributed by atoms with Gasteiger partial charge in [-0.25, -0.2) is 4.39 Å². The van der Waals surface area contributed by atoms with Gasteiger partial charge in [-0.05, 0) is 55.4 Å². The number of nitrogens with one attached hydrogen (secondary N) is 1. The fraction of sp³-hybridized carbons (Fsp3) is 0.412. The van der Waals surface area contributed by atoms with Crippen LogP contribution in [0.4, 0.5) is 4.39 Å². The molecule has 0 saturated heterocycles. The van der Waals surface area contributed by atoms with Gasteiger partial charge < -0.3 is 4.98 Å². The summed E-state index contributed by atoms with van der Waals surface area (Å²) >= 11 is 0. The van der Waals surface area contributed by atoms with Gasteiger partial charge in [0.15, 0.2) is 0 Å². The van der Waals surface area contributed by atoms with E-state index < -0.39 is 0 Å². The zero-order chi connectivity index (χ0) is 13.8. The van der Waals surface area contributed by atoms with Crippen molar-refractivity contribution in [2.45, 2.75) is 45.4 Å². The predicted molar refractivity (Wildman–Crippen MR) is 80.0 cm³/mol. The Morgan fingerprint density at radius 1 is 1.21 bits per heavy atom. The van der Waals surface area contributed by atoms with Gasteiger partial charge in [-0.15, -0.1) is 0 Å². The molecule has 3 rings (SSSR count). The number of halogens is 1. The Hall–Kier alpha value is -1.57. The molecule has 0 aliphatic heterocycles. The molecule has 1 aliphatic rings. The van der Waals surface area contributed by atoms with Crippen molar-refractivity contribution in [2.75, 3.05) is 0 Å². The summed E-state index contributed by atoms with van der Waals surface area (Å²) in [5.41, 5.74) is 3.66. The van der Waals surface area contributed by atoms with Crippen LogP contribution >= 0.6 is 0 Å². The summed E-state index contributed by atoms with van der Waals surface area (Å²) in [4.78, 5) is 3.23. The largest absolute Gasteiger partial charge is 0.361 e. The molecule has 0 atom stereocenters. The third-order valence-corrected chi connectivity index (χ3v) is 3.81. The highest BCUT2D eigenvalue weighted by Gasteiger charge is 2.20. The third kappa shape index (κ3) is 2.89. The molecule has 0 spiro atoms. The van der Waals surface area contributed by atoms with E-state index in [4.69, 9.17) is 0 Å². The van der Waals surface area contributed by atoms with E-state index in [1.54, 1.807) is 6.07 Å². The van der Waals surface area contributed by atoms with Crippen molar-refractivity contribution in [2.24, 2.45) is 0 Å². The standard InChI is InChI=1S/C15H16FN.C2H6/c1-10-2-4-11(5-3-10)14-9-17-15-7-6-12(16)8-13(14)15;1-2/h6-9,11,17H,1-5H2;1-2H3. The molecule has 1 nitrogen and oxygen atoms in total. The Bertz CT molecular complexity index is 558. The highest BCUT2D eigenvalue weighted by Crippen LogP contribution is 2.37. The molecule has 0 amide bonds. The van der Waals surface area contributed by atoms with Gasteiger partial charge in [0.25, 0.3) is 0 Å². The van der Waals surface area contributed by atoms with Crippen molar-refractivity contribution >= 4 is 10.9 Å². The number of aromatic amines is 1. The van der Waals surface area contributed by atoms with E-state index in [0.717, 1.165) is 36.6 Å². The first-order valence-electron chi connectivity index (χ1n) is 7.17. The van der Waals surface area contributed by atoms with E-state index >= 15 is 0 Å². The molecule has 1 N–H and O–H groups in total. The van der Waals surface area contributed by atoms with E-state index in [1.807, 2.05) is 26.1 Å². The Morgan fingerprint density at radius 2 is 1.89 bits per heavy atom. The van der Waals surface area contributed by atoms with Crippen LogP contribution in [0.1, 0.15) is 51.0 Å². The molecular formula is C17H22FN. The summed E-state index contributed by atoms with van der Waals surface area (Å²) < 4.78 is 13.3. The number of benzene rings is 1. The molecule has 0 radical (unpaired) electrons. The number of aromatic nitrogens is 1. The van der Waals surface area contributed by atoms with Crippen LogP contribution in [0.2, 0.25) is 0 Å². The number of hydrogen-bond acceptors (Lipinski definition) is 0. The fourth-order valence-electron chi connectivity index (χ4n) is 2.79. The molecule has 1 aliphatic carbocycles. The number of rotatable bonds is 1. The molecule has 1 aromatic carbocycles. The molecular weight excluding hydrogens is 237 g/mol. The number of H-pyrrole nitrogens is 1. The van der Waals surface area contributed by atoms with Crippen molar-refractivity contribution < 1.29 is 4.39 Å². The molecule has 2 heteroatoms. The lowest BCUT2D eigenvalue weighted by Crippen LogP contribution is -2.05. The maximum Gasteiger partial charge on any atom is 0.123 e. The Kier molecular flexibility index (Phi) is 4.41. The first-order valence-corrected chi connectivity index (χ1v) is 7.17. The van der Waals surface area contributed by atoms with Gasteiger partial charge in [-0.2, -0.15) is 0 Å². The lowest BCUT2D eigenvalue weighted by Gasteiger charge is -2.23. The average molecular weight is 259 g/mol. The lowest BCUT2D eigenvalue weighted by atomic mass is 9.82. The van der Waals surface area contributed by atoms with Crippen LogP contribution in [0, 0.1) is 5.82 Å². The quantitative estimate of drug-likeness (QED) is 0.646. The van der Waals surface area contributed by atoms with Gasteiger partial charge in [-0.3, -0.25) is 0 Å². The van der Waals surface area contributed by atoms with Crippen LogP contribution < -0.4 is 0 Å². The second kappa shape index (κ2) is 6.05. The molecule has 0 bridgehead atoms. The highest BCUT2D eigenvalue weighted by atomic mass is 19.1. The van der Waals surface area contributed by atoms with Crippen LogP contribution in [-0.2, 0) is 0 Å². The minimum absolute atomic E-state index is 0.154. The Balaban J connectivity index is 0.000000637. The van der Waals surface area contributed by atoms with Gasteiger partial charge in [-0.1, -0.05) is 26.0 Å². The smallest absolute Gasteiger partial charge is 0.123 e. The van der Waals surface area contributed by atoms with Crippen molar-refractivity contribution in [3.63, 3.8) is 0 Å². The van der Waals surface area contributed by atoms with Crippen molar-refractivity contribution in [3.8, 4) is 0 Å². The summed E-state index contributed by atoms with van der Waals surface area (Å²) in [7, 11) is 0. The van der Waals surface area contributed by atoms with Crippen LogP contribution in [0.3, 0.4) is 0 Å². The molecule has 102 valence electrons. The minimum Gasteiger partial charge on any atom is -0.361 e. The molecule has 2 aromatic rings. The third-order valence-electron chi connectivity index (χ3n) is 3.81. The average Bonchev–Trinajstić information content (AvgIpc) is 2.85. The molecule has 19 heavy (non-hydrogen) atoms. The fourth-order valence-corrected chi connectivity index (χ4v) is 2.79.